The minimum atomic E-state index is 0.184. The maximum absolute atomic E-state index is 12.8. The van der Waals surface area contributed by atoms with Crippen LogP contribution in [0.5, 0.6) is 5.75 Å². The molecule has 0 bridgehead atoms. The van der Waals surface area contributed by atoms with E-state index in [1.807, 2.05) is 24.3 Å². The van der Waals surface area contributed by atoms with E-state index in [9.17, 15) is 4.79 Å². The van der Waals surface area contributed by atoms with Gasteiger partial charge in [-0.1, -0.05) is 13.8 Å². The number of carbonyl (C=O) groups is 1. The number of piperidine rings is 1. The molecule has 1 aliphatic heterocycles. The van der Waals surface area contributed by atoms with Gasteiger partial charge in [-0.05, 0) is 102 Å². The fraction of sp³-hybridized carbons (Fsp3) is 0.680. The van der Waals surface area contributed by atoms with Crippen LogP contribution in [0.4, 0.5) is 0 Å². The van der Waals surface area contributed by atoms with Gasteiger partial charge in [-0.15, -0.1) is 5.10 Å². The molecule has 7 nitrogen and oxygen atoms in total. The van der Waals surface area contributed by atoms with Crippen LogP contribution in [0.3, 0.4) is 0 Å². The Kier molecular flexibility index (Phi) is 5.91. The predicted molar refractivity (Wildman–Crippen MR) is 121 cm³/mol. The van der Waals surface area contributed by atoms with Gasteiger partial charge in [-0.2, -0.15) is 0 Å². The van der Waals surface area contributed by atoms with Crippen LogP contribution < -0.4 is 4.74 Å². The lowest BCUT2D eigenvalue weighted by Crippen LogP contribution is -2.41. The number of ether oxygens (including phenoxy) is 1. The fourth-order valence-corrected chi connectivity index (χ4v) is 5.57. The van der Waals surface area contributed by atoms with Gasteiger partial charge < -0.3 is 9.64 Å². The fourth-order valence-electron chi connectivity index (χ4n) is 5.57. The Balaban J connectivity index is 1.00. The molecule has 7 heteroatoms. The van der Waals surface area contributed by atoms with Crippen LogP contribution in [-0.4, -0.2) is 50.7 Å². The zero-order chi connectivity index (χ0) is 22.1. The normalized spacial score (nSPS) is 23.9. The van der Waals surface area contributed by atoms with Crippen LogP contribution in [0.1, 0.15) is 58.8 Å². The molecule has 2 saturated carbocycles. The largest absolute Gasteiger partial charge is 0.494 e. The lowest BCUT2D eigenvalue weighted by Gasteiger charge is -2.35. The summed E-state index contributed by atoms with van der Waals surface area (Å²) in [5, 5.41) is 11.2. The quantitative estimate of drug-likeness (QED) is 0.590. The molecule has 2 heterocycles. The minimum Gasteiger partial charge on any atom is -0.494 e. The number of nitrogens with zero attached hydrogens (tertiary/aromatic N) is 5. The summed E-state index contributed by atoms with van der Waals surface area (Å²) in [4.78, 5) is 14.9. The molecule has 2 atom stereocenters. The molecular weight excluding hydrogens is 402 g/mol. The Bertz CT molecular complexity index is 899. The first-order valence-corrected chi connectivity index (χ1v) is 12.2. The molecule has 1 aromatic carbocycles. The third kappa shape index (κ3) is 4.97. The summed E-state index contributed by atoms with van der Waals surface area (Å²) >= 11 is 0. The number of aromatic nitrogens is 4. The number of amides is 1. The number of hydrogen-bond acceptors (Lipinski definition) is 5. The lowest BCUT2D eigenvalue weighted by atomic mass is 9.83. The third-order valence-electron chi connectivity index (χ3n) is 7.97. The maximum Gasteiger partial charge on any atom is 0.223 e. The van der Waals surface area contributed by atoms with Gasteiger partial charge in [0.2, 0.25) is 5.91 Å². The number of likely N-dealkylation sites (tertiary alicyclic amines) is 1. The average molecular weight is 438 g/mol. The molecule has 2 aromatic rings. The third-order valence-corrected chi connectivity index (χ3v) is 7.97. The topological polar surface area (TPSA) is 73.1 Å². The van der Waals surface area contributed by atoms with Gasteiger partial charge in [0.05, 0.1) is 12.3 Å². The molecule has 0 N–H and O–H groups in total. The summed E-state index contributed by atoms with van der Waals surface area (Å²) < 4.78 is 7.60. The Morgan fingerprint density at radius 1 is 1.12 bits per heavy atom. The Labute approximate surface area is 190 Å². The van der Waals surface area contributed by atoms with Gasteiger partial charge in [0.15, 0.2) is 0 Å². The van der Waals surface area contributed by atoms with Crippen LogP contribution in [0, 0.1) is 29.1 Å². The van der Waals surface area contributed by atoms with E-state index in [4.69, 9.17) is 4.74 Å². The Hall–Kier alpha value is -2.44. The van der Waals surface area contributed by atoms with Crippen molar-refractivity contribution in [2.45, 2.75) is 58.8 Å². The van der Waals surface area contributed by atoms with Crippen LogP contribution in [-0.2, 0) is 4.79 Å². The molecule has 3 aliphatic rings. The number of rotatable bonds is 9. The molecule has 32 heavy (non-hydrogen) atoms. The molecule has 1 aromatic heterocycles. The van der Waals surface area contributed by atoms with Gasteiger partial charge in [0, 0.05) is 19.5 Å². The summed E-state index contributed by atoms with van der Waals surface area (Å²) in [7, 11) is 0. The highest BCUT2D eigenvalue weighted by Gasteiger charge is 2.44. The first kappa shape index (κ1) is 21.4. The molecule has 0 radical (unpaired) electrons. The van der Waals surface area contributed by atoms with Crippen LogP contribution in [0.25, 0.3) is 5.69 Å². The van der Waals surface area contributed by atoms with Gasteiger partial charge in [-0.3, -0.25) is 4.79 Å². The van der Waals surface area contributed by atoms with E-state index in [1.54, 1.807) is 11.0 Å². The van der Waals surface area contributed by atoms with Crippen molar-refractivity contribution in [2.75, 3.05) is 19.7 Å². The van der Waals surface area contributed by atoms with Gasteiger partial charge >= 0.3 is 0 Å². The molecule has 1 amide bonds. The van der Waals surface area contributed by atoms with E-state index < -0.39 is 0 Å². The van der Waals surface area contributed by atoms with Crippen molar-refractivity contribution in [3.05, 3.63) is 30.6 Å². The highest BCUT2D eigenvalue weighted by atomic mass is 16.5. The predicted octanol–water partition coefficient (Wildman–Crippen LogP) is 4.13. The van der Waals surface area contributed by atoms with Crippen molar-refractivity contribution in [3.8, 4) is 11.4 Å². The lowest BCUT2D eigenvalue weighted by molar-refractivity contribution is -0.135. The highest BCUT2D eigenvalue weighted by Crippen LogP contribution is 2.50. The van der Waals surface area contributed by atoms with Gasteiger partial charge in [0.25, 0.3) is 0 Å². The van der Waals surface area contributed by atoms with Crippen LogP contribution >= 0.6 is 0 Å². The van der Waals surface area contributed by atoms with Crippen LogP contribution in [0.2, 0.25) is 0 Å². The van der Waals surface area contributed by atoms with Crippen LogP contribution in [0.15, 0.2) is 30.6 Å². The van der Waals surface area contributed by atoms with Gasteiger partial charge in [-0.25, -0.2) is 4.68 Å². The standard InChI is InChI=1S/C25H35N5O2/c1-25(2,20-3-4-20)16-24(31)29-12-9-18(10-13-29)23-15-19(23)11-14-32-22-7-5-21(6-8-22)30-17-26-27-28-30/h5-8,17-20,23H,3-4,9-16H2,1-2H3/t19-,23-/m1/s1. The Morgan fingerprint density at radius 2 is 1.88 bits per heavy atom. The zero-order valence-electron chi connectivity index (χ0n) is 19.3. The average Bonchev–Trinajstić information content (AvgIpc) is 3.72. The summed E-state index contributed by atoms with van der Waals surface area (Å²) in [6, 6.07) is 7.87. The van der Waals surface area contributed by atoms with E-state index in [2.05, 4.69) is 34.3 Å². The minimum absolute atomic E-state index is 0.184. The first-order chi connectivity index (χ1) is 15.5. The molecule has 172 valence electrons. The Morgan fingerprint density at radius 3 is 2.53 bits per heavy atom. The molecule has 0 unspecified atom stereocenters. The van der Waals surface area contributed by atoms with Crippen molar-refractivity contribution in [1.82, 2.24) is 25.1 Å². The number of hydrogen-bond donors (Lipinski definition) is 0. The molecule has 2 aliphatic carbocycles. The maximum atomic E-state index is 12.8. The number of benzene rings is 1. The number of carbonyl (C=O) groups excluding carboxylic acids is 1. The van der Waals surface area contributed by atoms with E-state index in [-0.39, 0.29) is 5.41 Å². The monoisotopic (exact) mass is 437 g/mol. The van der Waals surface area contributed by atoms with Gasteiger partial charge in [0.1, 0.15) is 12.1 Å². The van der Waals surface area contributed by atoms with Crippen molar-refractivity contribution in [1.29, 1.82) is 0 Å². The zero-order valence-corrected chi connectivity index (χ0v) is 19.3. The smallest absolute Gasteiger partial charge is 0.223 e. The van der Waals surface area contributed by atoms with Crippen molar-refractivity contribution >= 4 is 5.91 Å². The second kappa shape index (κ2) is 8.83. The molecule has 5 rings (SSSR count). The number of tetrazole rings is 1. The summed E-state index contributed by atoms with van der Waals surface area (Å²) in [6.45, 7) is 7.22. The first-order valence-electron chi connectivity index (χ1n) is 12.2. The van der Waals surface area contributed by atoms with E-state index >= 15 is 0 Å². The summed E-state index contributed by atoms with van der Waals surface area (Å²) in [5.74, 6) is 4.45. The van der Waals surface area contributed by atoms with E-state index in [0.29, 0.717) is 5.91 Å². The molecule has 1 saturated heterocycles. The van der Waals surface area contributed by atoms with Crippen molar-refractivity contribution < 1.29 is 9.53 Å². The summed E-state index contributed by atoms with van der Waals surface area (Å²) in [5.41, 5.74) is 1.11. The summed E-state index contributed by atoms with van der Waals surface area (Å²) in [6.07, 6.45) is 9.72. The van der Waals surface area contributed by atoms with E-state index in [0.717, 1.165) is 67.6 Å². The van der Waals surface area contributed by atoms with Crippen molar-refractivity contribution in [3.63, 3.8) is 0 Å². The molecule has 0 spiro atoms. The second-order valence-corrected chi connectivity index (χ2v) is 10.7. The van der Waals surface area contributed by atoms with E-state index in [1.165, 1.54) is 32.1 Å². The highest BCUT2D eigenvalue weighted by molar-refractivity contribution is 5.77. The SMILES string of the molecule is CC(C)(CC(=O)N1CCC([C@H]2C[C@H]2CCOc2ccc(-n3cnnn3)cc2)CC1)C1CC1. The molecular formula is C25H35N5O2. The van der Waals surface area contributed by atoms with Crippen molar-refractivity contribution in [2.24, 2.45) is 29.1 Å². The molecule has 3 fully saturated rings. The second-order valence-electron chi connectivity index (χ2n) is 10.7.